The number of nitrogens with zero attached hydrogens (tertiary/aromatic N) is 3. The Labute approximate surface area is 248 Å². The van der Waals surface area contributed by atoms with Gasteiger partial charge in [0.05, 0.1) is 10.6 Å². The number of carbonyl (C=O) groups is 2. The monoisotopic (exact) mass is 599 g/mol. The molecule has 1 amide bonds. The average molecular weight is 600 g/mol. The molecule has 2 aliphatic carbocycles. The lowest BCUT2D eigenvalue weighted by Crippen LogP contribution is -2.49. The van der Waals surface area contributed by atoms with Gasteiger partial charge in [0.25, 0.3) is 0 Å². The van der Waals surface area contributed by atoms with Crippen LogP contribution in [0.2, 0.25) is 0 Å². The van der Waals surface area contributed by atoms with Crippen LogP contribution < -0.4 is 4.90 Å². The third-order valence-corrected chi connectivity index (χ3v) is 11.1. The number of amides is 1. The number of rotatable bonds is 7. The summed E-state index contributed by atoms with van der Waals surface area (Å²) in [6.45, 7) is 8.20. The van der Waals surface area contributed by atoms with Gasteiger partial charge in [0.2, 0.25) is 15.9 Å². The largest absolute Gasteiger partial charge is 0.477 e. The number of aromatic carboxylic acids is 1. The molecule has 0 unspecified atom stereocenters. The molecule has 0 radical (unpaired) electrons. The van der Waals surface area contributed by atoms with Gasteiger partial charge in [-0.15, -0.1) is 11.3 Å². The molecule has 2 fully saturated rings. The zero-order valence-corrected chi connectivity index (χ0v) is 26.2. The first-order chi connectivity index (χ1) is 19.3. The maximum absolute atomic E-state index is 14.2. The van der Waals surface area contributed by atoms with Gasteiger partial charge in [-0.05, 0) is 96.3 Å². The zero-order chi connectivity index (χ0) is 29.9. The molecule has 4 rings (SSSR count). The molecule has 10 heteroatoms. The van der Waals surface area contributed by atoms with Crippen LogP contribution in [0.1, 0.15) is 93.6 Å². The van der Waals surface area contributed by atoms with Crippen molar-refractivity contribution in [1.82, 2.24) is 9.29 Å². The first kappa shape index (κ1) is 31.2. The van der Waals surface area contributed by atoms with Crippen molar-refractivity contribution < 1.29 is 23.1 Å². The van der Waals surface area contributed by atoms with E-state index in [1.54, 1.807) is 36.3 Å². The fourth-order valence-electron chi connectivity index (χ4n) is 5.77. The van der Waals surface area contributed by atoms with Crippen molar-refractivity contribution in [2.45, 2.75) is 96.0 Å². The molecule has 2 aromatic heterocycles. The predicted octanol–water partition coefficient (Wildman–Crippen LogP) is 6.03. The molecule has 0 saturated heterocycles. The van der Waals surface area contributed by atoms with E-state index in [4.69, 9.17) is 0 Å². The van der Waals surface area contributed by atoms with Crippen molar-refractivity contribution in [2.24, 2.45) is 17.3 Å². The van der Waals surface area contributed by atoms with E-state index in [2.05, 4.69) is 23.7 Å². The Hall–Kier alpha value is -2.74. The molecule has 2 saturated carbocycles. The van der Waals surface area contributed by atoms with Gasteiger partial charge in [-0.1, -0.05) is 18.8 Å². The SMILES string of the molecule is CC1CCC(C(=O)N(c2cc(C#CC(C)(C)C)sc2C(=O)O)C2CCC(N(C)S(=O)(=O)c3cccnc3)CC2)CC1. The third kappa shape index (κ3) is 7.37. The molecular weight excluding hydrogens is 558 g/mol. The number of pyridine rings is 1. The van der Waals surface area contributed by atoms with Crippen LogP contribution in [0.3, 0.4) is 0 Å². The fraction of sp³-hybridized carbons (Fsp3) is 0.581. The summed E-state index contributed by atoms with van der Waals surface area (Å²) >= 11 is 1.11. The molecule has 0 spiro atoms. The fourth-order valence-corrected chi connectivity index (χ4v) is 7.99. The number of anilines is 1. The number of thiophene rings is 1. The molecule has 222 valence electrons. The highest BCUT2D eigenvalue weighted by atomic mass is 32.2. The standard InChI is InChI=1S/C31H41N3O5S2/c1-21-8-10-22(11-9-21)29(35)34(27-19-25(16-17-31(2,3)4)40-28(27)30(36)37)24-14-12-23(13-15-24)33(5)41(38,39)26-7-6-18-32-20-26/h6-7,18-24H,8-15H2,1-5H3,(H,36,37). The third-order valence-electron chi connectivity index (χ3n) is 8.19. The van der Waals surface area contributed by atoms with Gasteiger partial charge in [0.15, 0.2) is 0 Å². The van der Waals surface area contributed by atoms with Crippen LogP contribution in [0.15, 0.2) is 35.5 Å². The average Bonchev–Trinajstić information content (AvgIpc) is 3.37. The van der Waals surface area contributed by atoms with Gasteiger partial charge in [-0.25, -0.2) is 13.2 Å². The van der Waals surface area contributed by atoms with E-state index in [9.17, 15) is 23.1 Å². The van der Waals surface area contributed by atoms with Crippen molar-refractivity contribution in [1.29, 1.82) is 0 Å². The van der Waals surface area contributed by atoms with Gasteiger partial charge in [0, 0.05) is 42.9 Å². The summed E-state index contributed by atoms with van der Waals surface area (Å²) < 4.78 is 27.8. The van der Waals surface area contributed by atoms with Crippen LogP contribution in [-0.2, 0) is 14.8 Å². The van der Waals surface area contributed by atoms with Gasteiger partial charge < -0.3 is 10.0 Å². The van der Waals surface area contributed by atoms with Gasteiger partial charge in [0.1, 0.15) is 9.77 Å². The van der Waals surface area contributed by atoms with Crippen LogP contribution in [0.5, 0.6) is 0 Å². The number of carbonyl (C=O) groups excluding carboxylic acids is 1. The summed E-state index contributed by atoms with van der Waals surface area (Å²) in [5, 5.41) is 10.1. The lowest BCUT2D eigenvalue weighted by molar-refractivity contribution is -0.124. The first-order valence-corrected chi connectivity index (χ1v) is 16.6. The second kappa shape index (κ2) is 12.6. The Morgan fingerprint density at radius 3 is 2.24 bits per heavy atom. The van der Waals surface area contributed by atoms with E-state index in [1.165, 1.54) is 10.5 Å². The molecular formula is C31H41N3O5S2. The lowest BCUT2D eigenvalue weighted by Gasteiger charge is -2.41. The van der Waals surface area contributed by atoms with E-state index in [-0.39, 0.29) is 39.1 Å². The van der Waals surface area contributed by atoms with Crippen LogP contribution in [0, 0.1) is 29.1 Å². The molecule has 0 bridgehead atoms. The Bertz CT molecular complexity index is 1400. The number of aromatic nitrogens is 1. The van der Waals surface area contributed by atoms with E-state index in [1.807, 2.05) is 20.8 Å². The second-order valence-corrected chi connectivity index (χ2v) is 15.5. The van der Waals surface area contributed by atoms with Crippen molar-refractivity contribution >= 4 is 38.9 Å². The van der Waals surface area contributed by atoms with E-state index < -0.39 is 16.0 Å². The highest BCUT2D eigenvalue weighted by Gasteiger charge is 2.39. The number of sulfonamides is 1. The van der Waals surface area contributed by atoms with Crippen molar-refractivity contribution in [3.05, 3.63) is 40.3 Å². The van der Waals surface area contributed by atoms with Crippen molar-refractivity contribution in [3.8, 4) is 11.8 Å². The van der Waals surface area contributed by atoms with Crippen molar-refractivity contribution in [2.75, 3.05) is 11.9 Å². The highest BCUT2D eigenvalue weighted by molar-refractivity contribution is 7.89. The Morgan fingerprint density at radius 2 is 1.68 bits per heavy atom. The summed E-state index contributed by atoms with van der Waals surface area (Å²) in [4.78, 5) is 33.2. The van der Waals surface area contributed by atoms with E-state index >= 15 is 0 Å². The summed E-state index contributed by atoms with van der Waals surface area (Å²) in [5.74, 6) is 5.64. The zero-order valence-electron chi connectivity index (χ0n) is 24.6. The maximum Gasteiger partial charge on any atom is 0.348 e. The summed E-state index contributed by atoms with van der Waals surface area (Å²) in [6, 6.07) is 4.47. The quantitative estimate of drug-likeness (QED) is 0.390. The molecule has 41 heavy (non-hydrogen) atoms. The van der Waals surface area contributed by atoms with Crippen LogP contribution >= 0.6 is 11.3 Å². The first-order valence-electron chi connectivity index (χ1n) is 14.4. The Balaban J connectivity index is 1.63. The number of carboxylic acid groups (broad SMARTS) is 1. The molecule has 2 aromatic rings. The molecule has 0 atom stereocenters. The molecule has 8 nitrogen and oxygen atoms in total. The second-order valence-electron chi connectivity index (χ2n) is 12.5. The van der Waals surface area contributed by atoms with Crippen molar-refractivity contribution in [3.63, 3.8) is 0 Å². The van der Waals surface area contributed by atoms with Crippen LogP contribution in [0.4, 0.5) is 5.69 Å². The molecule has 0 aliphatic heterocycles. The minimum atomic E-state index is -3.70. The van der Waals surface area contributed by atoms with E-state index in [0.717, 1.165) is 37.0 Å². The highest BCUT2D eigenvalue weighted by Crippen LogP contribution is 2.39. The number of hydrogen-bond acceptors (Lipinski definition) is 6. The van der Waals surface area contributed by atoms with Gasteiger partial charge in [-0.2, -0.15) is 4.31 Å². The molecule has 1 N–H and O–H groups in total. The predicted molar refractivity (Wildman–Crippen MR) is 161 cm³/mol. The normalized spacial score (nSPS) is 23.5. The smallest absolute Gasteiger partial charge is 0.348 e. The maximum atomic E-state index is 14.2. The molecule has 0 aromatic carbocycles. The Kier molecular flexibility index (Phi) is 9.62. The summed E-state index contributed by atoms with van der Waals surface area (Å²) in [6.07, 6.45) is 8.71. The minimum Gasteiger partial charge on any atom is -0.477 e. The minimum absolute atomic E-state index is 0.0210. The molecule has 2 aliphatic rings. The van der Waals surface area contributed by atoms with E-state index in [0.29, 0.717) is 42.2 Å². The van der Waals surface area contributed by atoms with Crippen LogP contribution in [0.25, 0.3) is 0 Å². The summed E-state index contributed by atoms with van der Waals surface area (Å²) in [5.41, 5.74) is 0.173. The number of carboxylic acids is 1. The van der Waals surface area contributed by atoms with Gasteiger partial charge >= 0.3 is 5.97 Å². The lowest BCUT2D eigenvalue weighted by atomic mass is 9.81. The Morgan fingerprint density at radius 1 is 1.05 bits per heavy atom. The topological polar surface area (TPSA) is 108 Å². The summed E-state index contributed by atoms with van der Waals surface area (Å²) in [7, 11) is -2.10. The number of hydrogen-bond donors (Lipinski definition) is 1. The van der Waals surface area contributed by atoms with Crippen LogP contribution in [-0.4, -0.2) is 53.8 Å². The molecule has 2 heterocycles. The van der Waals surface area contributed by atoms with Gasteiger partial charge in [-0.3, -0.25) is 9.78 Å².